The van der Waals surface area contributed by atoms with E-state index in [0.717, 1.165) is 24.7 Å². The number of nitrogens with zero attached hydrogens (tertiary/aromatic N) is 1. The molecule has 3 nitrogen and oxygen atoms in total. The van der Waals surface area contributed by atoms with Gasteiger partial charge < -0.3 is 5.32 Å². The van der Waals surface area contributed by atoms with Gasteiger partial charge in [0.2, 0.25) is 0 Å². The summed E-state index contributed by atoms with van der Waals surface area (Å²) in [5.74, 6) is 1.51. The highest BCUT2D eigenvalue weighted by molar-refractivity contribution is 5.94. The molecule has 0 bridgehead atoms. The SMILES string of the molecule is CC1CC=C2C[C@@H](NC(=O)c3ccncc3)CC[C@]2(C)C1C. The molecule has 1 saturated carbocycles. The van der Waals surface area contributed by atoms with Gasteiger partial charge in [0.1, 0.15) is 0 Å². The second kappa shape index (κ2) is 5.86. The molecule has 1 fully saturated rings. The Morgan fingerprint density at radius 1 is 1.32 bits per heavy atom. The van der Waals surface area contributed by atoms with Crippen LogP contribution >= 0.6 is 0 Å². The Balaban J connectivity index is 1.69. The number of rotatable bonds is 2. The fourth-order valence-electron chi connectivity index (χ4n) is 4.13. The number of hydrogen-bond acceptors (Lipinski definition) is 2. The fourth-order valence-corrected chi connectivity index (χ4v) is 4.13. The third-order valence-electron chi connectivity index (χ3n) is 6.08. The van der Waals surface area contributed by atoms with Crippen LogP contribution in [-0.4, -0.2) is 16.9 Å². The van der Waals surface area contributed by atoms with E-state index >= 15 is 0 Å². The van der Waals surface area contributed by atoms with Gasteiger partial charge in [0.15, 0.2) is 0 Å². The molecular weight excluding hydrogens is 272 g/mol. The Labute approximate surface area is 133 Å². The molecule has 0 saturated heterocycles. The van der Waals surface area contributed by atoms with Gasteiger partial charge in [-0.25, -0.2) is 0 Å². The number of nitrogens with one attached hydrogen (secondary N) is 1. The van der Waals surface area contributed by atoms with Crippen molar-refractivity contribution in [3.05, 3.63) is 41.7 Å². The summed E-state index contributed by atoms with van der Waals surface area (Å²) in [5, 5.41) is 3.20. The zero-order valence-corrected chi connectivity index (χ0v) is 13.8. The highest BCUT2D eigenvalue weighted by Gasteiger charge is 2.43. The van der Waals surface area contributed by atoms with Crippen molar-refractivity contribution in [3.8, 4) is 0 Å². The lowest BCUT2D eigenvalue weighted by molar-refractivity contribution is 0.0884. The third-order valence-corrected chi connectivity index (χ3v) is 6.08. The van der Waals surface area contributed by atoms with Crippen LogP contribution in [0.5, 0.6) is 0 Å². The smallest absolute Gasteiger partial charge is 0.251 e. The van der Waals surface area contributed by atoms with Crippen LogP contribution < -0.4 is 5.32 Å². The number of carbonyl (C=O) groups excluding carboxylic acids is 1. The Kier molecular flexibility index (Phi) is 4.07. The molecule has 0 aliphatic heterocycles. The summed E-state index contributed by atoms with van der Waals surface area (Å²) < 4.78 is 0. The summed E-state index contributed by atoms with van der Waals surface area (Å²) in [6.45, 7) is 7.17. The first-order valence-corrected chi connectivity index (χ1v) is 8.41. The molecule has 2 unspecified atom stereocenters. The molecule has 3 rings (SSSR count). The highest BCUT2D eigenvalue weighted by atomic mass is 16.1. The molecule has 118 valence electrons. The second-order valence-corrected chi connectivity index (χ2v) is 7.30. The fraction of sp³-hybridized carbons (Fsp3) is 0.579. The van der Waals surface area contributed by atoms with E-state index < -0.39 is 0 Å². The molecule has 2 aliphatic carbocycles. The topological polar surface area (TPSA) is 42.0 Å². The maximum absolute atomic E-state index is 12.3. The van der Waals surface area contributed by atoms with Crippen LogP contribution in [0.3, 0.4) is 0 Å². The number of carbonyl (C=O) groups is 1. The Morgan fingerprint density at radius 2 is 2.05 bits per heavy atom. The molecule has 1 heterocycles. The standard InChI is InChI=1S/C19H26N2O/c1-13-4-5-16-12-17(6-9-19(16,3)14(13)2)21-18(22)15-7-10-20-11-8-15/h5,7-8,10-11,13-14,17H,4,6,9,12H2,1-3H3,(H,21,22)/t13?,14?,17-,19+/m0/s1. The molecule has 1 aromatic heterocycles. The number of aromatic nitrogens is 1. The van der Waals surface area contributed by atoms with E-state index in [1.165, 1.54) is 12.8 Å². The van der Waals surface area contributed by atoms with Crippen molar-refractivity contribution in [2.75, 3.05) is 0 Å². The van der Waals surface area contributed by atoms with Crippen LogP contribution in [0.4, 0.5) is 0 Å². The molecule has 1 aromatic rings. The summed E-state index contributed by atoms with van der Waals surface area (Å²) in [5.41, 5.74) is 2.59. The van der Waals surface area contributed by atoms with Gasteiger partial charge in [-0.1, -0.05) is 32.4 Å². The Bertz CT molecular complexity index is 580. The van der Waals surface area contributed by atoms with Gasteiger partial charge in [-0.05, 0) is 55.1 Å². The second-order valence-electron chi connectivity index (χ2n) is 7.30. The van der Waals surface area contributed by atoms with Gasteiger partial charge in [0.05, 0.1) is 0 Å². The van der Waals surface area contributed by atoms with Crippen molar-refractivity contribution >= 4 is 5.91 Å². The van der Waals surface area contributed by atoms with Crippen LogP contribution in [0, 0.1) is 17.3 Å². The monoisotopic (exact) mass is 298 g/mol. The summed E-state index contributed by atoms with van der Waals surface area (Å²) >= 11 is 0. The first kappa shape index (κ1) is 15.3. The van der Waals surface area contributed by atoms with Crippen molar-refractivity contribution in [2.45, 2.75) is 52.5 Å². The zero-order chi connectivity index (χ0) is 15.7. The number of pyridine rings is 1. The van der Waals surface area contributed by atoms with Gasteiger partial charge >= 0.3 is 0 Å². The molecular formula is C19H26N2O. The van der Waals surface area contributed by atoms with Crippen LogP contribution in [0.2, 0.25) is 0 Å². The Morgan fingerprint density at radius 3 is 2.77 bits per heavy atom. The van der Waals surface area contributed by atoms with Crippen molar-refractivity contribution < 1.29 is 4.79 Å². The van der Waals surface area contributed by atoms with E-state index in [0.29, 0.717) is 11.0 Å². The van der Waals surface area contributed by atoms with Crippen LogP contribution in [0.1, 0.15) is 56.8 Å². The summed E-state index contributed by atoms with van der Waals surface area (Å²) in [6.07, 6.45) is 10.2. The molecule has 1 N–H and O–H groups in total. The zero-order valence-electron chi connectivity index (χ0n) is 13.8. The average molecular weight is 298 g/mol. The van der Waals surface area contributed by atoms with Crippen molar-refractivity contribution in [1.82, 2.24) is 10.3 Å². The molecule has 2 aliphatic rings. The first-order valence-electron chi connectivity index (χ1n) is 8.41. The first-order chi connectivity index (χ1) is 10.5. The van der Waals surface area contributed by atoms with Gasteiger partial charge in [-0.3, -0.25) is 9.78 Å². The maximum atomic E-state index is 12.3. The Hall–Kier alpha value is -1.64. The molecule has 1 amide bonds. The van der Waals surface area contributed by atoms with E-state index in [-0.39, 0.29) is 11.9 Å². The van der Waals surface area contributed by atoms with Gasteiger partial charge in [0, 0.05) is 24.0 Å². The van der Waals surface area contributed by atoms with Gasteiger partial charge in [-0.15, -0.1) is 0 Å². The van der Waals surface area contributed by atoms with E-state index in [4.69, 9.17) is 0 Å². The molecule has 3 heteroatoms. The number of hydrogen-bond donors (Lipinski definition) is 1. The van der Waals surface area contributed by atoms with E-state index in [1.807, 2.05) is 0 Å². The lowest BCUT2D eigenvalue weighted by atomic mass is 9.57. The number of fused-ring (bicyclic) bond motifs is 1. The highest BCUT2D eigenvalue weighted by Crippen LogP contribution is 2.52. The molecule has 0 radical (unpaired) electrons. The number of amides is 1. The molecule has 4 atom stereocenters. The van der Waals surface area contributed by atoms with E-state index in [2.05, 4.69) is 37.1 Å². The predicted molar refractivity (Wildman–Crippen MR) is 88.5 cm³/mol. The van der Waals surface area contributed by atoms with Crippen molar-refractivity contribution in [1.29, 1.82) is 0 Å². The minimum atomic E-state index is 0.0221. The lowest BCUT2D eigenvalue weighted by Gasteiger charge is -2.49. The molecule has 22 heavy (non-hydrogen) atoms. The van der Waals surface area contributed by atoms with Crippen molar-refractivity contribution in [3.63, 3.8) is 0 Å². The minimum Gasteiger partial charge on any atom is -0.349 e. The van der Waals surface area contributed by atoms with Crippen LogP contribution in [-0.2, 0) is 0 Å². The largest absolute Gasteiger partial charge is 0.349 e. The number of allylic oxidation sites excluding steroid dienone is 1. The van der Waals surface area contributed by atoms with Crippen LogP contribution in [0.15, 0.2) is 36.2 Å². The van der Waals surface area contributed by atoms with Crippen LogP contribution in [0.25, 0.3) is 0 Å². The summed E-state index contributed by atoms with van der Waals surface area (Å²) in [7, 11) is 0. The van der Waals surface area contributed by atoms with E-state index in [9.17, 15) is 4.79 Å². The predicted octanol–water partition coefficient (Wildman–Crippen LogP) is 3.97. The summed E-state index contributed by atoms with van der Waals surface area (Å²) in [6, 6.07) is 3.80. The van der Waals surface area contributed by atoms with Gasteiger partial charge in [-0.2, -0.15) is 0 Å². The summed E-state index contributed by atoms with van der Waals surface area (Å²) in [4.78, 5) is 16.3. The quantitative estimate of drug-likeness (QED) is 0.839. The van der Waals surface area contributed by atoms with Crippen molar-refractivity contribution in [2.24, 2.45) is 17.3 Å². The third kappa shape index (κ3) is 2.69. The normalized spacial score (nSPS) is 34.5. The maximum Gasteiger partial charge on any atom is 0.251 e. The molecule has 0 spiro atoms. The average Bonchev–Trinajstić information content (AvgIpc) is 2.54. The lowest BCUT2D eigenvalue weighted by Crippen LogP contribution is -2.45. The van der Waals surface area contributed by atoms with Gasteiger partial charge in [0.25, 0.3) is 5.91 Å². The minimum absolute atomic E-state index is 0.0221. The van der Waals surface area contributed by atoms with E-state index in [1.54, 1.807) is 30.1 Å². The molecule has 0 aromatic carbocycles.